The third-order valence-electron chi connectivity index (χ3n) is 4.00. The van der Waals surface area contributed by atoms with E-state index in [4.69, 9.17) is 14.2 Å². The van der Waals surface area contributed by atoms with Crippen molar-refractivity contribution in [3.8, 4) is 5.75 Å². The summed E-state index contributed by atoms with van der Waals surface area (Å²) in [6.45, 7) is 13.7. The van der Waals surface area contributed by atoms with Gasteiger partial charge in [0.1, 0.15) is 32.0 Å². The van der Waals surface area contributed by atoms with Crippen molar-refractivity contribution in [3.63, 3.8) is 0 Å². The van der Waals surface area contributed by atoms with E-state index >= 15 is 0 Å². The highest BCUT2D eigenvalue weighted by molar-refractivity contribution is 5.32. The third kappa shape index (κ3) is 5.95. The molecule has 0 unspecified atom stereocenters. The zero-order valence-corrected chi connectivity index (χ0v) is 14.2. The van der Waals surface area contributed by atoms with Gasteiger partial charge in [-0.25, -0.2) is 0 Å². The first-order chi connectivity index (χ1) is 10.6. The molecule has 0 bridgehead atoms. The molecule has 0 aromatic heterocycles. The van der Waals surface area contributed by atoms with Crippen LogP contribution in [0.4, 0.5) is 0 Å². The van der Waals surface area contributed by atoms with E-state index in [2.05, 4.69) is 39.0 Å². The van der Waals surface area contributed by atoms with Gasteiger partial charge >= 0.3 is 0 Å². The van der Waals surface area contributed by atoms with Gasteiger partial charge in [-0.15, -0.1) is 0 Å². The molecular weight excluding hydrogens is 278 g/mol. The summed E-state index contributed by atoms with van der Waals surface area (Å²) in [4.78, 5) is 1.57. The summed E-state index contributed by atoms with van der Waals surface area (Å²) in [6, 6.07) is 8.33. The van der Waals surface area contributed by atoms with Gasteiger partial charge < -0.3 is 19.1 Å². The molecular formula is C18H30NO3+. The van der Waals surface area contributed by atoms with Crippen molar-refractivity contribution < 1.29 is 19.1 Å². The van der Waals surface area contributed by atoms with E-state index in [0.717, 1.165) is 45.2 Å². The first kappa shape index (κ1) is 17.3. The Labute approximate surface area is 134 Å². The van der Waals surface area contributed by atoms with E-state index in [1.807, 2.05) is 6.07 Å². The van der Waals surface area contributed by atoms with Crippen LogP contribution in [-0.4, -0.2) is 52.7 Å². The Morgan fingerprint density at radius 2 is 1.86 bits per heavy atom. The molecule has 0 spiro atoms. The highest BCUT2D eigenvalue weighted by atomic mass is 16.5. The molecule has 0 atom stereocenters. The lowest BCUT2D eigenvalue weighted by molar-refractivity contribution is -0.908. The molecule has 1 saturated heterocycles. The summed E-state index contributed by atoms with van der Waals surface area (Å²) in [5, 5.41) is 0. The minimum absolute atomic E-state index is 0.150. The molecule has 1 aliphatic heterocycles. The summed E-state index contributed by atoms with van der Waals surface area (Å²) in [7, 11) is 0. The Hall–Kier alpha value is -1.10. The fourth-order valence-corrected chi connectivity index (χ4v) is 2.50. The predicted molar refractivity (Wildman–Crippen MR) is 87.8 cm³/mol. The van der Waals surface area contributed by atoms with Gasteiger partial charge in [0, 0.05) is 0 Å². The van der Waals surface area contributed by atoms with Crippen molar-refractivity contribution in [2.75, 3.05) is 52.7 Å². The first-order valence-electron chi connectivity index (χ1n) is 8.28. The Bertz CT molecular complexity index is 436. The summed E-state index contributed by atoms with van der Waals surface area (Å²) in [6.07, 6.45) is 0. The van der Waals surface area contributed by atoms with Gasteiger partial charge in [0.2, 0.25) is 0 Å². The normalized spacial score (nSPS) is 16.7. The topological polar surface area (TPSA) is 32.1 Å². The molecule has 0 aliphatic carbocycles. The van der Waals surface area contributed by atoms with Crippen LogP contribution in [0.15, 0.2) is 24.3 Å². The van der Waals surface area contributed by atoms with Gasteiger partial charge in [-0.2, -0.15) is 0 Å². The van der Waals surface area contributed by atoms with Gasteiger partial charge in [-0.3, -0.25) is 0 Å². The fourth-order valence-electron chi connectivity index (χ4n) is 2.50. The molecule has 1 aromatic carbocycles. The number of morpholine rings is 1. The van der Waals surface area contributed by atoms with Crippen molar-refractivity contribution in [3.05, 3.63) is 29.8 Å². The average Bonchev–Trinajstić information content (AvgIpc) is 2.51. The molecule has 0 saturated carbocycles. The highest BCUT2D eigenvalue weighted by Crippen LogP contribution is 2.25. The van der Waals surface area contributed by atoms with Gasteiger partial charge in [0.05, 0.1) is 26.4 Å². The standard InChI is InChI=1S/C18H29NO3/c1-18(2,3)16-5-4-6-17(15-16)22-14-13-21-12-9-19-7-10-20-11-8-19/h4-6,15H,7-14H2,1-3H3/p+1. The maximum atomic E-state index is 5.78. The van der Waals surface area contributed by atoms with Gasteiger partial charge in [0.25, 0.3) is 0 Å². The number of ether oxygens (including phenoxy) is 3. The molecule has 124 valence electrons. The zero-order chi connectivity index (χ0) is 15.8. The van der Waals surface area contributed by atoms with Crippen LogP contribution in [0.5, 0.6) is 5.75 Å². The van der Waals surface area contributed by atoms with Gasteiger partial charge in [0.15, 0.2) is 0 Å². The molecule has 1 aromatic rings. The largest absolute Gasteiger partial charge is 0.491 e. The molecule has 4 nitrogen and oxygen atoms in total. The van der Waals surface area contributed by atoms with Crippen LogP contribution in [0.1, 0.15) is 26.3 Å². The molecule has 22 heavy (non-hydrogen) atoms. The Morgan fingerprint density at radius 1 is 1.09 bits per heavy atom. The summed E-state index contributed by atoms with van der Waals surface area (Å²) < 4.78 is 16.8. The van der Waals surface area contributed by atoms with Crippen LogP contribution in [0.3, 0.4) is 0 Å². The average molecular weight is 308 g/mol. The third-order valence-corrected chi connectivity index (χ3v) is 4.00. The number of hydrogen-bond acceptors (Lipinski definition) is 3. The van der Waals surface area contributed by atoms with Crippen molar-refractivity contribution >= 4 is 0 Å². The van der Waals surface area contributed by atoms with Crippen LogP contribution in [-0.2, 0) is 14.9 Å². The molecule has 1 N–H and O–H groups in total. The monoisotopic (exact) mass is 308 g/mol. The molecule has 0 radical (unpaired) electrons. The number of quaternary nitrogens is 1. The van der Waals surface area contributed by atoms with E-state index in [9.17, 15) is 0 Å². The van der Waals surface area contributed by atoms with E-state index in [1.54, 1.807) is 4.90 Å². The molecule has 4 heteroatoms. The van der Waals surface area contributed by atoms with E-state index in [0.29, 0.717) is 13.2 Å². The van der Waals surface area contributed by atoms with Crippen molar-refractivity contribution in [1.82, 2.24) is 0 Å². The molecule has 1 fully saturated rings. The van der Waals surface area contributed by atoms with Gasteiger partial charge in [-0.05, 0) is 23.1 Å². The maximum absolute atomic E-state index is 5.78. The van der Waals surface area contributed by atoms with Crippen LogP contribution in [0.2, 0.25) is 0 Å². The minimum atomic E-state index is 0.150. The quantitative estimate of drug-likeness (QED) is 0.771. The molecule has 2 rings (SSSR count). The lowest BCUT2D eigenvalue weighted by Crippen LogP contribution is -3.14. The maximum Gasteiger partial charge on any atom is 0.119 e. The van der Waals surface area contributed by atoms with Crippen molar-refractivity contribution in [2.45, 2.75) is 26.2 Å². The zero-order valence-electron chi connectivity index (χ0n) is 14.2. The fraction of sp³-hybridized carbons (Fsp3) is 0.667. The minimum Gasteiger partial charge on any atom is -0.491 e. The summed E-state index contributed by atoms with van der Waals surface area (Å²) in [5.74, 6) is 0.926. The Kier molecular flexibility index (Phi) is 6.68. The number of benzene rings is 1. The number of rotatable bonds is 7. The van der Waals surface area contributed by atoms with Crippen LogP contribution < -0.4 is 9.64 Å². The Balaban J connectivity index is 1.60. The van der Waals surface area contributed by atoms with Gasteiger partial charge in [-0.1, -0.05) is 32.9 Å². The van der Waals surface area contributed by atoms with Crippen LogP contribution >= 0.6 is 0 Å². The van der Waals surface area contributed by atoms with Crippen LogP contribution in [0.25, 0.3) is 0 Å². The lowest BCUT2D eigenvalue weighted by Gasteiger charge is -2.23. The van der Waals surface area contributed by atoms with E-state index in [1.165, 1.54) is 5.56 Å². The predicted octanol–water partition coefficient (Wildman–Crippen LogP) is 1.29. The summed E-state index contributed by atoms with van der Waals surface area (Å²) in [5.41, 5.74) is 1.44. The number of nitrogens with one attached hydrogen (secondary N) is 1. The van der Waals surface area contributed by atoms with Crippen LogP contribution in [0, 0.1) is 0 Å². The smallest absolute Gasteiger partial charge is 0.119 e. The molecule has 1 heterocycles. The first-order valence-corrected chi connectivity index (χ1v) is 8.28. The second-order valence-corrected chi connectivity index (χ2v) is 6.85. The SMILES string of the molecule is CC(C)(C)c1cccc(OCCOCC[NH+]2CCOCC2)c1. The second-order valence-electron chi connectivity index (χ2n) is 6.85. The van der Waals surface area contributed by atoms with Crippen molar-refractivity contribution in [1.29, 1.82) is 0 Å². The van der Waals surface area contributed by atoms with Crippen molar-refractivity contribution in [2.24, 2.45) is 0 Å². The summed E-state index contributed by atoms with van der Waals surface area (Å²) >= 11 is 0. The van der Waals surface area contributed by atoms with E-state index < -0.39 is 0 Å². The highest BCUT2D eigenvalue weighted by Gasteiger charge is 2.14. The number of hydrogen-bond donors (Lipinski definition) is 1. The molecule has 1 aliphatic rings. The van der Waals surface area contributed by atoms with E-state index in [-0.39, 0.29) is 5.41 Å². The second kappa shape index (κ2) is 8.51. The Morgan fingerprint density at radius 3 is 2.59 bits per heavy atom. The molecule has 0 amide bonds. The lowest BCUT2D eigenvalue weighted by atomic mass is 9.87.